The molecule has 0 unspecified atom stereocenters. The molecule has 0 atom stereocenters. The predicted octanol–water partition coefficient (Wildman–Crippen LogP) is 6.36. The first-order chi connectivity index (χ1) is 18.1. The summed E-state index contributed by atoms with van der Waals surface area (Å²) in [6.07, 6.45) is -1.99. The van der Waals surface area contributed by atoms with Gasteiger partial charge in [-0.1, -0.05) is 42.5 Å². The molecule has 0 aliphatic heterocycles. The molecule has 0 aromatic heterocycles. The lowest BCUT2D eigenvalue weighted by Crippen LogP contribution is -2.33. The highest BCUT2D eigenvalue weighted by molar-refractivity contribution is 5.77. The number of ether oxygens (including phenoxy) is 2. The number of carbonyl (C=O) groups is 2. The van der Waals surface area contributed by atoms with Gasteiger partial charge < -0.3 is 19.5 Å². The van der Waals surface area contributed by atoms with Crippen LogP contribution in [0.25, 0.3) is 5.57 Å². The number of phenolic OH excluding ortho intramolecular Hbond substituents is 1. The molecular formula is C29H30F3NO5. The van der Waals surface area contributed by atoms with Crippen LogP contribution < -0.4 is 0 Å². The number of amides is 1. The normalized spacial score (nSPS) is 13.6. The van der Waals surface area contributed by atoms with Crippen molar-refractivity contribution in [1.29, 1.82) is 0 Å². The van der Waals surface area contributed by atoms with Crippen LogP contribution in [0, 0.1) is 0 Å². The molecule has 1 aliphatic rings. The van der Waals surface area contributed by atoms with Gasteiger partial charge in [0.15, 0.2) is 0 Å². The molecule has 0 heterocycles. The summed E-state index contributed by atoms with van der Waals surface area (Å²) in [4.78, 5) is 26.0. The summed E-state index contributed by atoms with van der Waals surface area (Å²) in [6.45, 7) is 3.77. The lowest BCUT2D eigenvalue weighted by Gasteiger charge is -2.23. The van der Waals surface area contributed by atoms with E-state index in [1.807, 2.05) is 18.2 Å². The Morgan fingerprint density at radius 2 is 1.74 bits per heavy atom. The molecule has 1 aliphatic carbocycles. The highest BCUT2D eigenvalue weighted by Crippen LogP contribution is 2.36. The minimum atomic E-state index is -4.62. The Kier molecular flexibility index (Phi) is 9.76. The fourth-order valence-corrected chi connectivity index (χ4v) is 3.97. The van der Waals surface area contributed by atoms with E-state index in [9.17, 15) is 27.9 Å². The fraction of sp³-hybridized carbons (Fsp3) is 0.310. The Hall–Kier alpha value is -4.01. The molecule has 6 nitrogen and oxygen atoms in total. The summed E-state index contributed by atoms with van der Waals surface area (Å²) in [6, 6.07) is 13.6. The zero-order valence-corrected chi connectivity index (χ0v) is 21.3. The van der Waals surface area contributed by atoms with Crippen LogP contribution in [0.4, 0.5) is 18.0 Å². The number of halogens is 3. The Labute approximate surface area is 219 Å². The Morgan fingerprint density at radius 3 is 2.39 bits per heavy atom. The number of hydrogen-bond donors (Lipinski definition) is 1. The average molecular weight is 530 g/mol. The van der Waals surface area contributed by atoms with Gasteiger partial charge in [-0.2, -0.15) is 13.2 Å². The van der Waals surface area contributed by atoms with Crippen LogP contribution >= 0.6 is 0 Å². The van der Waals surface area contributed by atoms with E-state index in [0.717, 1.165) is 17.7 Å². The first kappa shape index (κ1) is 28.6. The van der Waals surface area contributed by atoms with Crippen molar-refractivity contribution in [3.63, 3.8) is 0 Å². The zero-order chi connectivity index (χ0) is 27.7. The maximum Gasteiger partial charge on any atom is 0.416 e. The van der Waals surface area contributed by atoms with E-state index in [1.165, 1.54) is 17.0 Å². The molecule has 0 radical (unpaired) electrons. The lowest BCUT2D eigenvalue weighted by atomic mass is 9.95. The van der Waals surface area contributed by atoms with E-state index in [0.29, 0.717) is 22.3 Å². The molecule has 1 amide bonds. The average Bonchev–Trinajstić information content (AvgIpc) is 3.10. The van der Waals surface area contributed by atoms with Crippen LogP contribution in [0.15, 0.2) is 77.9 Å². The maximum absolute atomic E-state index is 13.7. The number of allylic oxidation sites excluding steroid dienone is 5. The van der Waals surface area contributed by atoms with Gasteiger partial charge >= 0.3 is 18.2 Å². The molecule has 202 valence electrons. The van der Waals surface area contributed by atoms with Crippen LogP contribution in [0.2, 0.25) is 0 Å². The van der Waals surface area contributed by atoms with E-state index in [1.54, 1.807) is 38.1 Å². The Morgan fingerprint density at radius 1 is 1.00 bits per heavy atom. The molecule has 0 saturated heterocycles. The molecule has 0 bridgehead atoms. The van der Waals surface area contributed by atoms with Crippen molar-refractivity contribution in [3.8, 4) is 5.75 Å². The molecule has 2 aromatic rings. The monoisotopic (exact) mass is 529 g/mol. The SMILES string of the molecule is CCOC(=O)Cc1ccc(O)c(C2=CC=C(C(F)(F)F)C=C(CN(CC)C(=O)OCc3ccccc3)C2)c1. The summed E-state index contributed by atoms with van der Waals surface area (Å²) >= 11 is 0. The molecule has 0 spiro atoms. The first-order valence-corrected chi connectivity index (χ1v) is 12.2. The number of likely N-dealkylation sites (N-methyl/N-ethyl adjacent to an activating group) is 1. The number of hydrogen-bond acceptors (Lipinski definition) is 5. The van der Waals surface area contributed by atoms with Crippen LogP contribution in [-0.2, 0) is 27.3 Å². The van der Waals surface area contributed by atoms with Crippen molar-refractivity contribution in [2.24, 2.45) is 0 Å². The van der Waals surface area contributed by atoms with Gasteiger partial charge in [0.1, 0.15) is 12.4 Å². The summed E-state index contributed by atoms with van der Waals surface area (Å²) in [7, 11) is 0. The van der Waals surface area contributed by atoms with Crippen molar-refractivity contribution in [2.75, 3.05) is 19.7 Å². The minimum Gasteiger partial charge on any atom is -0.507 e. The van der Waals surface area contributed by atoms with E-state index >= 15 is 0 Å². The molecular weight excluding hydrogens is 499 g/mol. The van der Waals surface area contributed by atoms with Gasteiger partial charge in [0, 0.05) is 18.7 Å². The lowest BCUT2D eigenvalue weighted by molar-refractivity contribution is -0.142. The zero-order valence-electron chi connectivity index (χ0n) is 21.3. The fourth-order valence-electron chi connectivity index (χ4n) is 3.97. The van der Waals surface area contributed by atoms with Crippen molar-refractivity contribution in [2.45, 2.75) is 39.5 Å². The highest BCUT2D eigenvalue weighted by atomic mass is 19.4. The van der Waals surface area contributed by atoms with Crippen LogP contribution in [0.1, 0.15) is 37.0 Å². The molecule has 0 saturated carbocycles. The number of rotatable bonds is 9. The van der Waals surface area contributed by atoms with Gasteiger partial charge in [-0.05, 0) is 66.8 Å². The molecule has 2 aromatic carbocycles. The second-order valence-corrected chi connectivity index (χ2v) is 8.68. The summed E-state index contributed by atoms with van der Waals surface area (Å²) in [5.74, 6) is -0.590. The van der Waals surface area contributed by atoms with Gasteiger partial charge in [0.2, 0.25) is 0 Å². The van der Waals surface area contributed by atoms with Crippen LogP contribution in [0.3, 0.4) is 0 Å². The van der Waals surface area contributed by atoms with Crippen LogP contribution in [0.5, 0.6) is 5.75 Å². The smallest absolute Gasteiger partial charge is 0.416 e. The summed E-state index contributed by atoms with van der Waals surface area (Å²) < 4.78 is 51.5. The number of benzene rings is 2. The number of alkyl halides is 3. The number of phenols is 1. The topological polar surface area (TPSA) is 76.1 Å². The van der Waals surface area contributed by atoms with E-state index in [-0.39, 0.29) is 44.9 Å². The van der Waals surface area contributed by atoms with Crippen molar-refractivity contribution >= 4 is 17.6 Å². The van der Waals surface area contributed by atoms with E-state index in [4.69, 9.17) is 9.47 Å². The van der Waals surface area contributed by atoms with Crippen LogP contribution in [-0.4, -0.2) is 47.9 Å². The largest absolute Gasteiger partial charge is 0.507 e. The molecule has 0 fully saturated rings. The molecule has 1 N–H and O–H groups in total. The molecule has 38 heavy (non-hydrogen) atoms. The quantitative estimate of drug-likeness (QED) is 0.383. The molecule has 3 rings (SSSR count). The number of aromatic hydroxyl groups is 1. The van der Waals surface area contributed by atoms with E-state index < -0.39 is 23.8 Å². The molecule has 9 heteroatoms. The van der Waals surface area contributed by atoms with Gasteiger partial charge in [-0.25, -0.2) is 4.79 Å². The van der Waals surface area contributed by atoms with Gasteiger partial charge in [-0.15, -0.1) is 0 Å². The van der Waals surface area contributed by atoms with E-state index in [2.05, 4.69) is 0 Å². The second kappa shape index (κ2) is 13.0. The summed E-state index contributed by atoms with van der Waals surface area (Å²) in [5.41, 5.74) is 1.48. The predicted molar refractivity (Wildman–Crippen MR) is 137 cm³/mol. The third-order valence-electron chi connectivity index (χ3n) is 5.87. The van der Waals surface area contributed by atoms with Crippen molar-refractivity contribution < 1.29 is 37.3 Å². The number of esters is 1. The van der Waals surface area contributed by atoms with Crippen molar-refractivity contribution in [3.05, 3.63) is 94.6 Å². The van der Waals surface area contributed by atoms with Gasteiger partial charge in [-0.3, -0.25) is 4.79 Å². The first-order valence-electron chi connectivity index (χ1n) is 12.2. The van der Waals surface area contributed by atoms with Gasteiger partial charge in [0.25, 0.3) is 0 Å². The second-order valence-electron chi connectivity index (χ2n) is 8.68. The Bertz CT molecular complexity index is 1230. The minimum absolute atomic E-state index is 0.0367. The third kappa shape index (κ3) is 7.99. The third-order valence-corrected chi connectivity index (χ3v) is 5.87. The maximum atomic E-state index is 13.7. The highest BCUT2D eigenvalue weighted by Gasteiger charge is 2.33. The van der Waals surface area contributed by atoms with Gasteiger partial charge in [0.05, 0.1) is 18.6 Å². The standard InChI is InChI=1S/C29H30F3NO5/c1-3-33(28(36)38-19-20-8-6-5-7-9-20)18-22-14-23(11-12-24(15-22)29(30,31)32)25-16-21(10-13-26(25)34)17-27(35)37-4-2/h5-13,15-16,34H,3-4,14,17-19H2,1-2H3. The number of carbonyl (C=O) groups excluding carboxylic acids is 2. The Balaban J connectivity index is 1.85. The van der Waals surface area contributed by atoms with Crippen molar-refractivity contribution in [1.82, 2.24) is 4.90 Å². The summed E-state index contributed by atoms with van der Waals surface area (Å²) in [5, 5.41) is 10.5. The number of nitrogens with zero attached hydrogens (tertiary/aromatic N) is 1.